The smallest absolute Gasteiger partial charge is 0.257 e. The molecule has 1 aromatic carbocycles. The molecule has 0 unspecified atom stereocenters. The van der Waals surface area contributed by atoms with Gasteiger partial charge in [-0.2, -0.15) is 0 Å². The molecule has 0 fully saturated rings. The Labute approximate surface area is 110 Å². The van der Waals surface area contributed by atoms with Gasteiger partial charge in [-0.3, -0.25) is 4.79 Å². The van der Waals surface area contributed by atoms with Gasteiger partial charge >= 0.3 is 0 Å². The highest BCUT2D eigenvalue weighted by atomic mass is 16.5. The van der Waals surface area contributed by atoms with Crippen LogP contribution in [-0.4, -0.2) is 19.1 Å². The number of ether oxygens (including phenoxy) is 1. The summed E-state index contributed by atoms with van der Waals surface area (Å²) < 4.78 is 5.55. The highest BCUT2D eigenvalue weighted by Crippen LogP contribution is 2.22. The third-order valence-electron chi connectivity index (χ3n) is 2.86. The van der Waals surface area contributed by atoms with E-state index in [2.05, 4.69) is 32.2 Å². The summed E-state index contributed by atoms with van der Waals surface area (Å²) in [5.41, 5.74) is 3.48. The van der Waals surface area contributed by atoms with Gasteiger partial charge in [0.2, 0.25) is 0 Å². The minimum Gasteiger partial charge on any atom is -0.483 e. The van der Waals surface area contributed by atoms with E-state index in [1.165, 1.54) is 11.1 Å². The predicted molar refractivity (Wildman–Crippen MR) is 74.0 cm³/mol. The normalized spacial score (nSPS) is 10.6. The van der Waals surface area contributed by atoms with Crippen LogP contribution < -0.4 is 10.1 Å². The number of carbonyl (C=O) groups is 1. The lowest BCUT2D eigenvalue weighted by molar-refractivity contribution is -0.123. The van der Waals surface area contributed by atoms with Crippen molar-refractivity contribution in [3.63, 3.8) is 0 Å². The Morgan fingerprint density at radius 2 is 1.78 bits per heavy atom. The van der Waals surface area contributed by atoms with Crippen LogP contribution in [0.3, 0.4) is 0 Å². The van der Waals surface area contributed by atoms with Crippen molar-refractivity contribution >= 4 is 5.91 Å². The summed E-state index contributed by atoms with van der Waals surface area (Å²) in [6.07, 6.45) is 0. The zero-order valence-corrected chi connectivity index (χ0v) is 12.0. The number of carbonyl (C=O) groups excluding carboxylic acids is 1. The molecule has 0 aliphatic rings. The Kier molecular flexibility index (Phi) is 5.20. The van der Waals surface area contributed by atoms with Crippen LogP contribution in [0.4, 0.5) is 0 Å². The van der Waals surface area contributed by atoms with Crippen molar-refractivity contribution in [1.29, 1.82) is 0 Å². The SMILES string of the molecule is Cc1cc(C)c(OCC(=O)NCC(C)C)cc1C. The molecule has 0 atom stereocenters. The van der Waals surface area contributed by atoms with Crippen molar-refractivity contribution < 1.29 is 9.53 Å². The number of nitrogens with one attached hydrogen (secondary N) is 1. The Hall–Kier alpha value is -1.51. The van der Waals surface area contributed by atoms with Gasteiger partial charge in [-0.1, -0.05) is 19.9 Å². The molecule has 0 heterocycles. The van der Waals surface area contributed by atoms with Crippen LogP contribution in [0.15, 0.2) is 12.1 Å². The van der Waals surface area contributed by atoms with Crippen molar-refractivity contribution in [1.82, 2.24) is 5.32 Å². The van der Waals surface area contributed by atoms with Crippen LogP contribution in [0.5, 0.6) is 5.75 Å². The topological polar surface area (TPSA) is 38.3 Å². The number of amides is 1. The zero-order valence-electron chi connectivity index (χ0n) is 12.0. The Balaban J connectivity index is 2.53. The third-order valence-corrected chi connectivity index (χ3v) is 2.86. The highest BCUT2D eigenvalue weighted by Gasteiger charge is 2.06. The summed E-state index contributed by atoms with van der Waals surface area (Å²) in [6, 6.07) is 4.07. The minimum absolute atomic E-state index is 0.0682. The standard InChI is InChI=1S/C15H23NO2/c1-10(2)8-16-15(17)9-18-14-7-12(4)11(3)6-13(14)5/h6-7,10H,8-9H2,1-5H3,(H,16,17). The molecule has 0 spiro atoms. The third kappa shape index (κ3) is 4.40. The molecular weight excluding hydrogens is 226 g/mol. The van der Waals surface area contributed by atoms with Crippen LogP contribution in [0.1, 0.15) is 30.5 Å². The van der Waals surface area contributed by atoms with Crippen LogP contribution in [0.25, 0.3) is 0 Å². The summed E-state index contributed by atoms with van der Waals surface area (Å²) in [5.74, 6) is 1.18. The van der Waals surface area contributed by atoms with Gasteiger partial charge in [0.15, 0.2) is 6.61 Å². The molecule has 18 heavy (non-hydrogen) atoms. The number of hydrogen-bond acceptors (Lipinski definition) is 2. The van der Waals surface area contributed by atoms with Gasteiger partial charge in [-0.05, 0) is 49.4 Å². The van der Waals surface area contributed by atoms with Gasteiger partial charge in [-0.25, -0.2) is 0 Å². The second kappa shape index (κ2) is 6.43. The predicted octanol–water partition coefficient (Wildman–Crippen LogP) is 2.76. The summed E-state index contributed by atoms with van der Waals surface area (Å²) in [4.78, 5) is 11.5. The molecule has 0 aromatic heterocycles. The van der Waals surface area contributed by atoms with Crippen molar-refractivity contribution in [3.8, 4) is 5.75 Å². The highest BCUT2D eigenvalue weighted by molar-refractivity contribution is 5.77. The van der Waals surface area contributed by atoms with Gasteiger partial charge < -0.3 is 10.1 Å². The van der Waals surface area contributed by atoms with Crippen molar-refractivity contribution in [2.24, 2.45) is 5.92 Å². The fourth-order valence-electron chi connectivity index (χ4n) is 1.60. The van der Waals surface area contributed by atoms with Gasteiger partial charge in [-0.15, -0.1) is 0 Å². The number of aryl methyl sites for hydroxylation is 3. The maximum Gasteiger partial charge on any atom is 0.257 e. The van der Waals surface area contributed by atoms with E-state index >= 15 is 0 Å². The lowest BCUT2D eigenvalue weighted by Gasteiger charge is -2.12. The number of benzene rings is 1. The van der Waals surface area contributed by atoms with E-state index in [9.17, 15) is 4.79 Å². The Morgan fingerprint density at radius 3 is 2.39 bits per heavy atom. The first-order chi connectivity index (χ1) is 8.40. The number of hydrogen-bond donors (Lipinski definition) is 1. The van der Waals surface area contributed by atoms with Crippen LogP contribution in [0.2, 0.25) is 0 Å². The van der Waals surface area contributed by atoms with Crippen LogP contribution in [-0.2, 0) is 4.79 Å². The van der Waals surface area contributed by atoms with E-state index < -0.39 is 0 Å². The summed E-state index contributed by atoms with van der Waals surface area (Å²) in [7, 11) is 0. The van der Waals surface area contributed by atoms with Crippen molar-refractivity contribution in [3.05, 3.63) is 28.8 Å². The summed E-state index contributed by atoms with van der Waals surface area (Å²) in [6.45, 7) is 11.0. The second-order valence-corrected chi connectivity index (χ2v) is 5.19. The van der Waals surface area contributed by atoms with E-state index in [1.54, 1.807) is 0 Å². The van der Waals surface area contributed by atoms with E-state index in [0.717, 1.165) is 11.3 Å². The minimum atomic E-state index is -0.0682. The fraction of sp³-hybridized carbons (Fsp3) is 0.533. The average molecular weight is 249 g/mol. The molecule has 1 aromatic rings. The first-order valence-electron chi connectivity index (χ1n) is 6.37. The number of rotatable bonds is 5. The van der Waals surface area contributed by atoms with Crippen molar-refractivity contribution in [2.75, 3.05) is 13.2 Å². The van der Waals surface area contributed by atoms with Gasteiger partial charge in [0, 0.05) is 6.54 Å². The molecule has 0 aliphatic heterocycles. The molecule has 3 heteroatoms. The molecule has 100 valence electrons. The Morgan fingerprint density at radius 1 is 1.17 bits per heavy atom. The lowest BCUT2D eigenvalue weighted by Crippen LogP contribution is -2.31. The van der Waals surface area contributed by atoms with Gasteiger partial charge in [0.25, 0.3) is 5.91 Å². The molecule has 3 nitrogen and oxygen atoms in total. The van der Waals surface area contributed by atoms with Gasteiger partial charge in [0.05, 0.1) is 0 Å². The molecular formula is C15H23NO2. The van der Waals surface area contributed by atoms with Gasteiger partial charge in [0.1, 0.15) is 5.75 Å². The molecule has 1 N–H and O–H groups in total. The van der Waals surface area contributed by atoms with E-state index in [0.29, 0.717) is 12.5 Å². The maximum absolute atomic E-state index is 11.5. The first kappa shape index (κ1) is 14.6. The molecule has 0 saturated heterocycles. The first-order valence-corrected chi connectivity index (χ1v) is 6.37. The molecule has 0 bridgehead atoms. The molecule has 1 rings (SSSR count). The molecule has 1 amide bonds. The van der Waals surface area contributed by atoms with Crippen LogP contribution in [0, 0.1) is 26.7 Å². The lowest BCUT2D eigenvalue weighted by atomic mass is 10.1. The summed E-state index contributed by atoms with van der Waals surface area (Å²) >= 11 is 0. The second-order valence-electron chi connectivity index (χ2n) is 5.19. The monoisotopic (exact) mass is 249 g/mol. The van der Waals surface area contributed by atoms with Crippen molar-refractivity contribution in [2.45, 2.75) is 34.6 Å². The molecule has 0 radical (unpaired) electrons. The largest absolute Gasteiger partial charge is 0.483 e. The Bertz CT molecular complexity index is 425. The summed E-state index contributed by atoms with van der Waals surface area (Å²) in [5, 5.41) is 2.83. The quantitative estimate of drug-likeness (QED) is 0.871. The molecule has 0 saturated carbocycles. The maximum atomic E-state index is 11.5. The molecule has 0 aliphatic carbocycles. The van der Waals surface area contributed by atoms with E-state index in [-0.39, 0.29) is 12.5 Å². The fourth-order valence-corrected chi connectivity index (χ4v) is 1.60. The van der Waals surface area contributed by atoms with E-state index in [1.807, 2.05) is 19.9 Å². The van der Waals surface area contributed by atoms with Crippen LogP contribution >= 0.6 is 0 Å². The average Bonchev–Trinajstić information content (AvgIpc) is 2.29. The van der Waals surface area contributed by atoms with E-state index in [4.69, 9.17) is 4.74 Å². The zero-order chi connectivity index (χ0) is 13.7.